The molecular formula is C31H25FN4. The lowest BCUT2D eigenvalue weighted by Gasteiger charge is -2.34. The largest absolute Gasteiger partial charge is 0.347 e. The third kappa shape index (κ3) is 3.98. The van der Waals surface area contributed by atoms with Crippen LogP contribution in [0.5, 0.6) is 0 Å². The molecular weight excluding hydrogens is 447 g/mol. The second kappa shape index (κ2) is 9.99. The quantitative estimate of drug-likeness (QED) is 0.290. The molecule has 0 aliphatic heterocycles. The first-order valence-electron chi connectivity index (χ1n) is 11.8. The minimum atomic E-state index is -0.711. The maximum atomic E-state index is 14.4. The number of nitriles is 1. The van der Waals surface area contributed by atoms with Gasteiger partial charge in [-0.3, -0.25) is 0 Å². The number of nitrogens with two attached hydrogens (primary N) is 1. The molecule has 1 aromatic heterocycles. The SMILES string of the molecule is N#Cc1ccc(C(CN)c2c[nH]c(C(c3ccccc3)(c3ccccc3)c3ccccc3)n2)cc1F. The minimum absolute atomic E-state index is 0.00786. The van der Waals surface area contributed by atoms with E-state index in [0.717, 1.165) is 22.5 Å². The van der Waals surface area contributed by atoms with E-state index in [1.54, 1.807) is 6.07 Å². The van der Waals surface area contributed by atoms with Crippen molar-refractivity contribution in [3.63, 3.8) is 0 Å². The highest BCUT2D eigenvalue weighted by Crippen LogP contribution is 2.44. The van der Waals surface area contributed by atoms with Gasteiger partial charge in [-0.2, -0.15) is 5.26 Å². The number of nitrogens with zero attached hydrogens (tertiary/aromatic N) is 2. The molecule has 0 aliphatic carbocycles. The fraction of sp³-hybridized carbons (Fsp3) is 0.0968. The van der Waals surface area contributed by atoms with Gasteiger partial charge in [-0.1, -0.05) is 97.1 Å². The van der Waals surface area contributed by atoms with Gasteiger partial charge in [-0.05, 0) is 34.4 Å². The van der Waals surface area contributed by atoms with E-state index < -0.39 is 11.2 Å². The van der Waals surface area contributed by atoms with Crippen molar-refractivity contribution in [1.29, 1.82) is 5.26 Å². The van der Waals surface area contributed by atoms with Gasteiger partial charge in [0.1, 0.15) is 23.1 Å². The Balaban J connectivity index is 1.72. The number of hydrogen-bond donors (Lipinski definition) is 2. The van der Waals surface area contributed by atoms with E-state index in [9.17, 15) is 4.39 Å². The zero-order valence-electron chi connectivity index (χ0n) is 19.6. The number of imidazole rings is 1. The van der Waals surface area contributed by atoms with Crippen molar-refractivity contribution in [2.24, 2.45) is 5.73 Å². The minimum Gasteiger partial charge on any atom is -0.347 e. The molecule has 1 heterocycles. The average molecular weight is 473 g/mol. The van der Waals surface area contributed by atoms with Gasteiger partial charge in [0.05, 0.1) is 11.3 Å². The number of benzene rings is 4. The Labute approximate surface area is 209 Å². The Morgan fingerprint density at radius 3 is 1.81 bits per heavy atom. The summed E-state index contributed by atoms with van der Waals surface area (Å²) in [5.41, 5.74) is 10.1. The predicted octanol–water partition coefficient (Wildman–Crippen LogP) is 5.89. The molecule has 0 saturated heterocycles. The van der Waals surface area contributed by atoms with Crippen molar-refractivity contribution >= 4 is 0 Å². The molecule has 0 fully saturated rings. The Morgan fingerprint density at radius 2 is 1.36 bits per heavy atom. The average Bonchev–Trinajstić information content (AvgIpc) is 3.41. The molecule has 1 atom stereocenters. The van der Waals surface area contributed by atoms with Crippen LogP contribution in [-0.2, 0) is 5.41 Å². The number of hydrogen-bond acceptors (Lipinski definition) is 3. The van der Waals surface area contributed by atoms with Gasteiger partial charge >= 0.3 is 0 Å². The van der Waals surface area contributed by atoms with Gasteiger partial charge in [-0.15, -0.1) is 0 Å². The van der Waals surface area contributed by atoms with E-state index >= 15 is 0 Å². The Bertz CT molecular complexity index is 1390. The summed E-state index contributed by atoms with van der Waals surface area (Å²) in [6.07, 6.45) is 1.85. The van der Waals surface area contributed by atoms with Crippen molar-refractivity contribution in [2.75, 3.05) is 6.54 Å². The number of nitrogens with one attached hydrogen (secondary N) is 1. The van der Waals surface area contributed by atoms with Crippen molar-refractivity contribution in [1.82, 2.24) is 9.97 Å². The van der Waals surface area contributed by atoms with Crippen LogP contribution in [0.15, 0.2) is 115 Å². The van der Waals surface area contributed by atoms with Crippen LogP contribution in [0.2, 0.25) is 0 Å². The standard InChI is InChI=1S/C31H25FN4/c32-28-18-22(16-17-23(28)19-33)27(20-34)29-21-35-30(36-29)31(24-10-4-1-5-11-24,25-12-6-2-7-13-25)26-14-8-3-9-15-26/h1-18,21,27H,20,34H2,(H,35,36). The zero-order chi connectivity index (χ0) is 25.0. The lowest BCUT2D eigenvalue weighted by atomic mass is 9.69. The van der Waals surface area contributed by atoms with E-state index in [1.807, 2.05) is 66.9 Å². The van der Waals surface area contributed by atoms with E-state index in [-0.39, 0.29) is 18.0 Å². The first-order chi connectivity index (χ1) is 17.7. The number of aromatic nitrogens is 2. The van der Waals surface area contributed by atoms with Crippen LogP contribution in [-0.4, -0.2) is 16.5 Å². The van der Waals surface area contributed by atoms with Gasteiger partial charge in [0.15, 0.2) is 0 Å². The second-order valence-corrected chi connectivity index (χ2v) is 8.66. The molecule has 0 saturated carbocycles. The van der Waals surface area contributed by atoms with Crippen molar-refractivity contribution in [3.8, 4) is 6.07 Å². The maximum absolute atomic E-state index is 14.4. The summed E-state index contributed by atoms with van der Waals surface area (Å²) in [5.74, 6) is -0.151. The summed E-state index contributed by atoms with van der Waals surface area (Å²) in [7, 11) is 0. The zero-order valence-corrected chi connectivity index (χ0v) is 19.6. The molecule has 3 N–H and O–H groups in total. The van der Waals surface area contributed by atoms with Crippen LogP contribution in [0.3, 0.4) is 0 Å². The normalized spacial score (nSPS) is 12.1. The Kier molecular flexibility index (Phi) is 6.44. The molecule has 5 rings (SSSR count). The molecule has 0 amide bonds. The van der Waals surface area contributed by atoms with Gasteiger partial charge in [0.2, 0.25) is 0 Å². The van der Waals surface area contributed by atoms with E-state index in [0.29, 0.717) is 11.3 Å². The highest BCUT2D eigenvalue weighted by atomic mass is 19.1. The smallest absolute Gasteiger partial charge is 0.141 e. The molecule has 36 heavy (non-hydrogen) atoms. The summed E-state index contributed by atoms with van der Waals surface area (Å²) in [5, 5.41) is 9.11. The van der Waals surface area contributed by atoms with Crippen LogP contribution >= 0.6 is 0 Å². The van der Waals surface area contributed by atoms with Crippen molar-refractivity contribution in [3.05, 3.63) is 161 Å². The molecule has 0 radical (unpaired) electrons. The number of halogens is 1. The first-order valence-corrected chi connectivity index (χ1v) is 11.8. The summed E-state index contributed by atoms with van der Waals surface area (Å²) < 4.78 is 14.4. The van der Waals surface area contributed by atoms with Gasteiger partial charge in [0.25, 0.3) is 0 Å². The number of rotatable bonds is 7. The third-order valence-electron chi connectivity index (χ3n) is 6.68. The monoisotopic (exact) mass is 472 g/mol. The van der Waals surface area contributed by atoms with Crippen LogP contribution in [0.1, 0.15) is 45.3 Å². The molecule has 4 nitrogen and oxygen atoms in total. The highest BCUT2D eigenvalue weighted by molar-refractivity contribution is 5.56. The summed E-state index contributed by atoms with van der Waals surface area (Å²) in [6, 6.07) is 37.3. The molecule has 5 aromatic rings. The van der Waals surface area contributed by atoms with E-state index in [2.05, 4.69) is 41.4 Å². The van der Waals surface area contributed by atoms with Crippen molar-refractivity contribution in [2.45, 2.75) is 11.3 Å². The lowest BCUT2D eigenvalue weighted by Crippen LogP contribution is -2.32. The molecule has 1 unspecified atom stereocenters. The van der Waals surface area contributed by atoms with Crippen LogP contribution in [0.4, 0.5) is 4.39 Å². The van der Waals surface area contributed by atoms with Crippen LogP contribution in [0, 0.1) is 17.1 Å². The maximum Gasteiger partial charge on any atom is 0.141 e. The molecule has 5 heteroatoms. The molecule has 4 aromatic carbocycles. The van der Waals surface area contributed by atoms with E-state index in [4.69, 9.17) is 16.0 Å². The fourth-order valence-electron chi connectivity index (χ4n) is 4.95. The number of H-pyrrole nitrogens is 1. The Hall–Kier alpha value is -4.53. The van der Waals surface area contributed by atoms with Crippen LogP contribution < -0.4 is 5.73 Å². The summed E-state index contributed by atoms with van der Waals surface area (Å²) in [6.45, 7) is 0.241. The second-order valence-electron chi connectivity index (χ2n) is 8.66. The highest BCUT2D eigenvalue weighted by Gasteiger charge is 2.41. The molecule has 0 bridgehead atoms. The fourth-order valence-corrected chi connectivity index (χ4v) is 4.95. The Morgan fingerprint density at radius 1 is 0.833 bits per heavy atom. The van der Waals surface area contributed by atoms with E-state index in [1.165, 1.54) is 12.1 Å². The van der Waals surface area contributed by atoms with Gasteiger partial charge in [0, 0.05) is 18.7 Å². The predicted molar refractivity (Wildman–Crippen MR) is 139 cm³/mol. The molecule has 0 spiro atoms. The van der Waals surface area contributed by atoms with Gasteiger partial charge < -0.3 is 10.7 Å². The lowest BCUT2D eigenvalue weighted by molar-refractivity contribution is 0.618. The number of aromatic amines is 1. The topological polar surface area (TPSA) is 78.5 Å². The molecule has 176 valence electrons. The third-order valence-corrected chi connectivity index (χ3v) is 6.68. The van der Waals surface area contributed by atoms with Crippen molar-refractivity contribution < 1.29 is 4.39 Å². The van der Waals surface area contributed by atoms with Crippen LogP contribution in [0.25, 0.3) is 0 Å². The molecule has 0 aliphatic rings. The summed E-state index contributed by atoms with van der Waals surface area (Å²) >= 11 is 0. The summed E-state index contributed by atoms with van der Waals surface area (Å²) in [4.78, 5) is 8.56. The first kappa shape index (κ1) is 23.2. The van der Waals surface area contributed by atoms with Gasteiger partial charge in [-0.25, -0.2) is 9.37 Å².